The molecular formula is C23H30N2O3. The molecule has 2 aromatic carbocycles. The Kier molecular flexibility index (Phi) is 6.49. The van der Waals surface area contributed by atoms with E-state index >= 15 is 0 Å². The summed E-state index contributed by atoms with van der Waals surface area (Å²) in [5.74, 6) is 0.0927. The fourth-order valence-corrected chi connectivity index (χ4v) is 3.25. The zero-order valence-electron chi connectivity index (χ0n) is 17.8. The van der Waals surface area contributed by atoms with E-state index in [1.165, 1.54) is 5.01 Å². The largest absolute Gasteiger partial charge is 0.496 e. The average molecular weight is 383 g/mol. The van der Waals surface area contributed by atoms with E-state index in [4.69, 9.17) is 4.74 Å². The molecule has 0 bridgehead atoms. The van der Waals surface area contributed by atoms with Crippen LogP contribution in [0.15, 0.2) is 36.4 Å². The van der Waals surface area contributed by atoms with Crippen LogP contribution >= 0.6 is 0 Å². The summed E-state index contributed by atoms with van der Waals surface area (Å²) in [5, 5.41) is 1.41. The van der Waals surface area contributed by atoms with E-state index in [0.717, 1.165) is 16.7 Å². The van der Waals surface area contributed by atoms with Gasteiger partial charge in [-0.3, -0.25) is 15.0 Å². The maximum Gasteiger partial charge on any atom is 0.272 e. The van der Waals surface area contributed by atoms with Crippen molar-refractivity contribution >= 4 is 11.8 Å². The quantitative estimate of drug-likeness (QED) is 0.794. The van der Waals surface area contributed by atoms with Gasteiger partial charge < -0.3 is 4.74 Å². The van der Waals surface area contributed by atoms with Crippen LogP contribution < -0.4 is 10.2 Å². The zero-order chi connectivity index (χ0) is 21.1. The highest BCUT2D eigenvalue weighted by molar-refractivity contribution is 6.00. The van der Waals surface area contributed by atoms with Crippen molar-refractivity contribution in [3.63, 3.8) is 0 Å². The third kappa shape index (κ3) is 4.71. The van der Waals surface area contributed by atoms with Gasteiger partial charge in [0, 0.05) is 16.7 Å². The van der Waals surface area contributed by atoms with Crippen LogP contribution in [0.4, 0.5) is 0 Å². The molecule has 0 aliphatic heterocycles. The number of hydrogen-bond donors (Lipinski definition) is 1. The molecule has 2 aromatic rings. The summed E-state index contributed by atoms with van der Waals surface area (Å²) in [6.45, 7) is 11.5. The molecule has 2 rings (SSSR count). The Morgan fingerprint density at radius 2 is 1.68 bits per heavy atom. The second-order valence-corrected chi connectivity index (χ2v) is 7.97. The van der Waals surface area contributed by atoms with Gasteiger partial charge in [0.2, 0.25) is 0 Å². The first-order valence-corrected chi connectivity index (χ1v) is 9.48. The summed E-state index contributed by atoms with van der Waals surface area (Å²) < 4.78 is 5.38. The topological polar surface area (TPSA) is 58.6 Å². The lowest BCUT2D eigenvalue weighted by atomic mass is 10.0. The summed E-state index contributed by atoms with van der Waals surface area (Å²) in [7, 11) is 1.58. The lowest BCUT2D eigenvalue weighted by Gasteiger charge is -2.35. The first kappa shape index (κ1) is 21.5. The Morgan fingerprint density at radius 3 is 2.18 bits per heavy atom. The summed E-state index contributed by atoms with van der Waals surface area (Å²) >= 11 is 0. The number of nitrogens with one attached hydrogen (secondary N) is 1. The van der Waals surface area contributed by atoms with E-state index < -0.39 is 5.54 Å². The highest BCUT2D eigenvalue weighted by Crippen LogP contribution is 2.24. The molecule has 0 fully saturated rings. The maximum absolute atomic E-state index is 13.2. The third-order valence-corrected chi connectivity index (χ3v) is 4.51. The van der Waals surface area contributed by atoms with Crippen LogP contribution in [0, 0.1) is 13.8 Å². The van der Waals surface area contributed by atoms with Crippen LogP contribution in [-0.2, 0) is 6.42 Å². The average Bonchev–Trinajstić information content (AvgIpc) is 2.62. The van der Waals surface area contributed by atoms with Crippen molar-refractivity contribution in [2.75, 3.05) is 7.11 Å². The predicted octanol–water partition coefficient (Wildman–Crippen LogP) is 4.46. The van der Waals surface area contributed by atoms with Crippen molar-refractivity contribution < 1.29 is 14.3 Å². The van der Waals surface area contributed by atoms with Crippen molar-refractivity contribution in [2.45, 2.75) is 53.5 Å². The molecule has 0 aliphatic carbocycles. The Labute approximate surface area is 167 Å². The van der Waals surface area contributed by atoms with Gasteiger partial charge in [0.15, 0.2) is 0 Å². The molecule has 0 saturated carbocycles. The normalized spacial score (nSPS) is 11.1. The standard InChI is InChI=1S/C23H30N2O3/c1-8-18-19(10-9-11-20(18)28-7)21(26)24-25(23(4,5)6)22(27)17-13-15(2)12-16(3)14-17/h9-14H,8H2,1-7H3,(H,24,26). The molecular weight excluding hydrogens is 352 g/mol. The number of ether oxygens (including phenoxy) is 1. The van der Waals surface area contributed by atoms with Gasteiger partial charge in [0.05, 0.1) is 12.6 Å². The van der Waals surface area contributed by atoms with Gasteiger partial charge in [0.25, 0.3) is 11.8 Å². The van der Waals surface area contributed by atoms with Gasteiger partial charge in [-0.1, -0.05) is 30.2 Å². The first-order valence-electron chi connectivity index (χ1n) is 9.48. The summed E-state index contributed by atoms with van der Waals surface area (Å²) in [4.78, 5) is 26.3. The SMILES string of the molecule is CCc1c(OC)cccc1C(=O)NN(C(=O)c1cc(C)cc(C)c1)C(C)(C)C. The Morgan fingerprint density at radius 1 is 1.07 bits per heavy atom. The van der Waals surface area contributed by atoms with E-state index in [-0.39, 0.29) is 11.8 Å². The summed E-state index contributed by atoms with van der Waals surface area (Å²) in [6.07, 6.45) is 0.646. The molecule has 0 atom stereocenters. The third-order valence-electron chi connectivity index (χ3n) is 4.51. The minimum Gasteiger partial charge on any atom is -0.496 e. The van der Waals surface area contributed by atoms with Crippen molar-refractivity contribution in [1.29, 1.82) is 0 Å². The minimum atomic E-state index is -0.602. The van der Waals surface area contributed by atoms with Crippen LogP contribution in [0.25, 0.3) is 0 Å². The highest BCUT2D eigenvalue weighted by atomic mass is 16.5. The second-order valence-electron chi connectivity index (χ2n) is 7.97. The van der Waals surface area contributed by atoms with E-state index in [1.54, 1.807) is 19.2 Å². The number of methoxy groups -OCH3 is 1. The molecule has 2 amide bonds. The molecule has 0 saturated heterocycles. The molecule has 0 aliphatic rings. The van der Waals surface area contributed by atoms with Crippen LogP contribution in [0.5, 0.6) is 5.75 Å². The Hall–Kier alpha value is -2.82. The number of amides is 2. The van der Waals surface area contributed by atoms with Gasteiger partial charge in [-0.15, -0.1) is 0 Å². The number of carbonyl (C=O) groups excluding carboxylic acids is 2. The molecule has 1 N–H and O–H groups in total. The number of carbonyl (C=O) groups is 2. The monoisotopic (exact) mass is 382 g/mol. The van der Waals surface area contributed by atoms with Gasteiger partial charge in [-0.05, 0) is 65.3 Å². The molecule has 28 heavy (non-hydrogen) atoms. The van der Waals surface area contributed by atoms with Gasteiger partial charge in [-0.2, -0.15) is 0 Å². The van der Waals surface area contributed by atoms with Gasteiger partial charge in [0.1, 0.15) is 5.75 Å². The van der Waals surface area contributed by atoms with Gasteiger partial charge in [-0.25, -0.2) is 5.01 Å². The highest BCUT2D eigenvalue weighted by Gasteiger charge is 2.30. The van der Waals surface area contributed by atoms with E-state index in [1.807, 2.05) is 65.8 Å². The summed E-state index contributed by atoms with van der Waals surface area (Å²) in [5.41, 5.74) is 6.10. The fraction of sp³-hybridized carbons (Fsp3) is 0.391. The maximum atomic E-state index is 13.2. The fourth-order valence-electron chi connectivity index (χ4n) is 3.25. The minimum absolute atomic E-state index is 0.242. The molecule has 0 heterocycles. The van der Waals surface area contributed by atoms with Crippen LogP contribution in [0.1, 0.15) is 65.1 Å². The van der Waals surface area contributed by atoms with Crippen molar-refractivity contribution in [2.24, 2.45) is 0 Å². The lowest BCUT2D eigenvalue weighted by Crippen LogP contribution is -2.56. The molecule has 0 radical (unpaired) electrons. The van der Waals surface area contributed by atoms with Crippen LogP contribution in [-0.4, -0.2) is 29.5 Å². The predicted molar refractivity (Wildman–Crippen MR) is 112 cm³/mol. The Bertz CT molecular complexity index is 862. The van der Waals surface area contributed by atoms with E-state index in [0.29, 0.717) is 23.3 Å². The van der Waals surface area contributed by atoms with Gasteiger partial charge >= 0.3 is 0 Å². The molecule has 5 heteroatoms. The lowest BCUT2D eigenvalue weighted by molar-refractivity contribution is 0.0358. The number of rotatable bonds is 4. The molecule has 0 spiro atoms. The molecule has 150 valence electrons. The zero-order valence-corrected chi connectivity index (χ0v) is 17.8. The van der Waals surface area contributed by atoms with E-state index in [9.17, 15) is 9.59 Å². The van der Waals surface area contributed by atoms with Crippen LogP contribution in [0.3, 0.4) is 0 Å². The number of nitrogens with zero attached hydrogens (tertiary/aromatic N) is 1. The number of hydrazine groups is 1. The smallest absolute Gasteiger partial charge is 0.272 e. The van der Waals surface area contributed by atoms with E-state index in [2.05, 4.69) is 5.43 Å². The Balaban J connectivity index is 2.41. The van der Waals surface area contributed by atoms with Crippen molar-refractivity contribution in [3.8, 4) is 5.75 Å². The van der Waals surface area contributed by atoms with Crippen molar-refractivity contribution in [3.05, 3.63) is 64.2 Å². The van der Waals surface area contributed by atoms with Crippen molar-refractivity contribution in [1.82, 2.24) is 10.4 Å². The second kappa shape index (κ2) is 8.46. The number of benzene rings is 2. The van der Waals surface area contributed by atoms with Crippen LogP contribution in [0.2, 0.25) is 0 Å². The number of aryl methyl sites for hydroxylation is 2. The molecule has 5 nitrogen and oxygen atoms in total. The first-order chi connectivity index (χ1) is 13.1. The summed E-state index contributed by atoms with van der Waals surface area (Å²) in [6, 6.07) is 11.0. The molecule has 0 aromatic heterocycles. The molecule has 0 unspecified atom stereocenters. The number of hydrogen-bond acceptors (Lipinski definition) is 3.